The Hall–Kier alpha value is -1.39. The lowest BCUT2D eigenvalue weighted by atomic mass is 10.2. The van der Waals surface area contributed by atoms with Gasteiger partial charge in [-0.3, -0.25) is 0 Å². The van der Waals surface area contributed by atoms with Crippen LogP contribution in [0.1, 0.15) is 25.0 Å². The molecule has 2 N–H and O–H groups in total. The van der Waals surface area contributed by atoms with Gasteiger partial charge in [-0.25, -0.2) is 0 Å². The number of benzene rings is 2. The van der Waals surface area contributed by atoms with Crippen molar-refractivity contribution in [3.63, 3.8) is 0 Å². The molecule has 1 aliphatic rings. The van der Waals surface area contributed by atoms with Gasteiger partial charge in [0, 0.05) is 26.2 Å². The summed E-state index contributed by atoms with van der Waals surface area (Å²) in [7, 11) is 0. The van der Waals surface area contributed by atoms with Gasteiger partial charge in [-0.2, -0.15) is 0 Å². The highest BCUT2D eigenvalue weighted by Crippen LogP contribution is 2.08. The van der Waals surface area contributed by atoms with Crippen molar-refractivity contribution in [3.8, 4) is 0 Å². The topological polar surface area (TPSA) is 36.6 Å². The third-order valence-corrected chi connectivity index (χ3v) is 3.74. The van der Waals surface area contributed by atoms with Gasteiger partial charge in [-0.05, 0) is 11.1 Å². The van der Waals surface area contributed by atoms with Crippen LogP contribution in [0.25, 0.3) is 0 Å². The Kier molecular flexibility index (Phi) is 12.9. The third kappa shape index (κ3) is 11.7. The third-order valence-electron chi connectivity index (χ3n) is 3.40. The van der Waals surface area contributed by atoms with Crippen molar-refractivity contribution in [1.29, 1.82) is 0 Å². The monoisotopic (exact) mass is 362 g/mol. The molecule has 1 atom stereocenters. The zero-order valence-electron chi connectivity index (χ0n) is 15.4. The predicted octanol–water partition coefficient (Wildman–Crippen LogP) is 4.22. The summed E-state index contributed by atoms with van der Waals surface area (Å²) in [5, 5.41) is 6.85. The van der Waals surface area contributed by atoms with Crippen LogP contribution in [0.4, 0.5) is 0 Å². The maximum Gasteiger partial charge on any atom is 0.0944 e. The minimum absolute atomic E-state index is 0.400. The molecule has 138 valence electrons. The van der Waals surface area contributed by atoms with Crippen molar-refractivity contribution < 1.29 is 4.74 Å². The fourth-order valence-electron chi connectivity index (χ4n) is 1.99. The Morgan fingerprint density at radius 1 is 0.840 bits per heavy atom. The van der Waals surface area contributed by atoms with Gasteiger partial charge in [0.15, 0.2) is 0 Å². The lowest BCUT2D eigenvalue weighted by Gasteiger charge is -2.06. The first kappa shape index (κ1) is 21.7. The Balaban J connectivity index is 0.000000376. The molecule has 0 saturated carbocycles. The van der Waals surface area contributed by atoms with Gasteiger partial charge in [-0.1, -0.05) is 74.5 Å². The highest BCUT2D eigenvalue weighted by molar-refractivity contribution is 6.18. The summed E-state index contributed by atoms with van der Waals surface area (Å²) in [5.74, 6) is 0.667. The average molecular weight is 363 g/mol. The smallest absolute Gasteiger partial charge is 0.0944 e. The van der Waals surface area contributed by atoms with E-state index in [1.165, 1.54) is 11.1 Å². The highest BCUT2D eigenvalue weighted by atomic mass is 35.5. The maximum atomic E-state index is 5.27. The van der Waals surface area contributed by atoms with Gasteiger partial charge in [0.1, 0.15) is 0 Å². The van der Waals surface area contributed by atoms with E-state index in [2.05, 4.69) is 59.2 Å². The summed E-state index contributed by atoms with van der Waals surface area (Å²) in [6.45, 7) is 8.73. The molecule has 0 radical (unpaired) electrons. The predicted molar refractivity (Wildman–Crippen MR) is 108 cm³/mol. The molecule has 0 aliphatic carbocycles. The van der Waals surface area contributed by atoms with Crippen LogP contribution in [0.15, 0.2) is 60.7 Å². The lowest BCUT2D eigenvalue weighted by molar-refractivity contribution is 0.425. The maximum absolute atomic E-state index is 5.27. The molecule has 4 heteroatoms. The van der Waals surface area contributed by atoms with Crippen LogP contribution in [-0.2, 0) is 17.8 Å². The first-order chi connectivity index (χ1) is 12.4. The van der Waals surface area contributed by atoms with E-state index in [0.717, 1.165) is 32.8 Å². The van der Waals surface area contributed by atoms with Crippen molar-refractivity contribution in [2.45, 2.75) is 33.0 Å². The summed E-state index contributed by atoms with van der Waals surface area (Å²) in [5.41, 5.74) is 2.67. The van der Waals surface area contributed by atoms with E-state index in [9.17, 15) is 0 Å². The van der Waals surface area contributed by atoms with Crippen LogP contribution >= 0.6 is 11.6 Å². The lowest BCUT2D eigenvalue weighted by Crippen LogP contribution is -2.26. The minimum Gasteiger partial charge on any atom is -0.372 e. The summed E-state index contributed by atoms with van der Waals surface area (Å²) < 4.78 is 4.73. The van der Waals surface area contributed by atoms with Crippen molar-refractivity contribution in [3.05, 3.63) is 71.8 Å². The molecule has 1 unspecified atom stereocenters. The Bertz CT molecular complexity index is 474. The van der Waals surface area contributed by atoms with E-state index in [-0.39, 0.29) is 0 Å². The zero-order valence-corrected chi connectivity index (χ0v) is 16.1. The number of halogens is 1. The molecule has 0 spiro atoms. The number of rotatable bonds is 8. The summed E-state index contributed by atoms with van der Waals surface area (Å²) >= 11 is 5.27. The van der Waals surface area contributed by atoms with Crippen LogP contribution in [0.2, 0.25) is 0 Å². The van der Waals surface area contributed by atoms with Crippen molar-refractivity contribution in [2.24, 2.45) is 0 Å². The van der Waals surface area contributed by atoms with Crippen LogP contribution in [0, 0.1) is 0 Å². The second-order valence-corrected chi connectivity index (χ2v) is 5.74. The van der Waals surface area contributed by atoms with E-state index in [1.54, 1.807) is 0 Å². The normalized spacial score (nSPS) is 14.6. The quantitative estimate of drug-likeness (QED) is 0.419. The molecule has 0 aromatic heterocycles. The first-order valence-corrected chi connectivity index (χ1v) is 9.59. The second-order valence-electron chi connectivity index (χ2n) is 5.43. The number of nitrogens with one attached hydrogen (secondary N) is 2. The Morgan fingerprint density at radius 3 is 1.52 bits per heavy atom. The number of alkyl halides is 1. The van der Waals surface area contributed by atoms with E-state index in [4.69, 9.17) is 16.3 Å². The molecule has 1 fully saturated rings. The standard InChI is InChI=1S/C16H20N2.C3H5ClO.C2H6/c1-3-7-15(8-4-1)13-17-11-12-18-14-16-9-5-2-6-10-16;4-1-3-2-5-3;1-2/h1-10,17-18H,11-14H2;3H,1-2H2;1-2H3. The van der Waals surface area contributed by atoms with E-state index >= 15 is 0 Å². The van der Waals surface area contributed by atoms with Gasteiger partial charge in [0.2, 0.25) is 0 Å². The SMILES string of the molecule is CC.ClCC1CO1.c1ccc(CNCCNCc2ccccc2)cc1. The van der Waals surface area contributed by atoms with E-state index < -0.39 is 0 Å². The number of hydrogen-bond acceptors (Lipinski definition) is 3. The van der Waals surface area contributed by atoms with Gasteiger partial charge in [0.25, 0.3) is 0 Å². The Morgan fingerprint density at radius 2 is 1.24 bits per heavy atom. The number of epoxide rings is 1. The molecule has 0 bridgehead atoms. The number of ether oxygens (including phenoxy) is 1. The van der Waals surface area contributed by atoms with Crippen LogP contribution < -0.4 is 10.6 Å². The average Bonchev–Trinajstić information content (AvgIpc) is 3.53. The highest BCUT2D eigenvalue weighted by Gasteiger charge is 2.19. The first-order valence-electron chi connectivity index (χ1n) is 9.05. The van der Waals surface area contributed by atoms with Crippen molar-refractivity contribution in [2.75, 3.05) is 25.6 Å². The molecule has 2 aromatic carbocycles. The Labute approximate surface area is 157 Å². The molecular formula is C21H31ClN2O. The van der Waals surface area contributed by atoms with Crippen LogP contribution in [-0.4, -0.2) is 31.7 Å². The van der Waals surface area contributed by atoms with E-state index in [1.807, 2.05) is 26.0 Å². The van der Waals surface area contributed by atoms with Gasteiger partial charge in [-0.15, -0.1) is 11.6 Å². The summed E-state index contributed by atoms with van der Waals surface area (Å²) in [6.07, 6.45) is 0.400. The fourth-order valence-corrected chi connectivity index (χ4v) is 2.17. The molecule has 1 aliphatic heterocycles. The van der Waals surface area contributed by atoms with Crippen LogP contribution in [0.5, 0.6) is 0 Å². The molecule has 1 heterocycles. The van der Waals surface area contributed by atoms with Crippen LogP contribution in [0.3, 0.4) is 0 Å². The molecule has 2 aromatic rings. The fraction of sp³-hybridized carbons (Fsp3) is 0.429. The zero-order chi connectivity index (χ0) is 18.2. The van der Waals surface area contributed by atoms with Gasteiger partial charge < -0.3 is 15.4 Å². The molecule has 1 saturated heterocycles. The summed E-state index contributed by atoms with van der Waals surface area (Å²) in [6, 6.07) is 21.0. The molecule has 3 nitrogen and oxygen atoms in total. The molecule has 0 amide bonds. The van der Waals surface area contributed by atoms with E-state index in [0.29, 0.717) is 12.0 Å². The van der Waals surface area contributed by atoms with Gasteiger partial charge >= 0.3 is 0 Å². The summed E-state index contributed by atoms with van der Waals surface area (Å²) in [4.78, 5) is 0. The molecule has 3 rings (SSSR count). The van der Waals surface area contributed by atoms with Crippen molar-refractivity contribution >= 4 is 11.6 Å². The van der Waals surface area contributed by atoms with Gasteiger partial charge in [0.05, 0.1) is 18.6 Å². The molecular weight excluding hydrogens is 332 g/mol. The number of hydrogen-bond donors (Lipinski definition) is 2. The molecule has 25 heavy (non-hydrogen) atoms. The van der Waals surface area contributed by atoms with Crippen molar-refractivity contribution in [1.82, 2.24) is 10.6 Å². The second kappa shape index (κ2) is 14.9. The minimum atomic E-state index is 0.400. The largest absolute Gasteiger partial charge is 0.372 e.